The van der Waals surface area contributed by atoms with Crippen LogP contribution in [-0.4, -0.2) is 15.9 Å². The molecule has 4 nitrogen and oxygen atoms in total. The number of imidazole rings is 1. The molecule has 0 aliphatic heterocycles. The predicted molar refractivity (Wildman–Crippen MR) is 73.3 cm³/mol. The quantitative estimate of drug-likeness (QED) is 0.856. The van der Waals surface area contributed by atoms with Gasteiger partial charge in [-0.25, -0.2) is 4.98 Å². The van der Waals surface area contributed by atoms with Gasteiger partial charge in [0.25, 0.3) is 0 Å². The van der Waals surface area contributed by atoms with Crippen LogP contribution in [0.5, 0.6) is 0 Å². The molecule has 4 atom stereocenters. The van der Waals surface area contributed by atoms with Crippen molar-refractivity contribution in [2.75, 3.05) is 0 Å². The third-order valence-electron chi connectivity index (χ3n) is 4.93. The molecule has 0 saturated heterocycles. The zero-order chi connectivity index (χ0) is 13.2. The molecule has 2 bridgehead atoms. The zero-order valence-electron chi connectivity index (χ0n) is 11.6. The number of fused-ring (bicyclic) bond motifs is 2. The standard InChI is InChI=1S/C15H23N3O/c1-2-13(15-16-5-6-17-15)18-14(19)9-12-8-10-3-4-11(12)7-10/h5-6,10-13H,2-4,7-9H2,1H3,(H,16,17)(H,18,19). The van der Waals surface area contributed by atoms with Crippen LogP contribution in [0.4, 0.5) is 0 Å². The average molecular weight is 261 g/mol. The zero-order valence-corrected chi connectivity index (χ0v) is 11.6. The maximum atomic E-state index is 12.2. The third kappa shape index (κ3) is 2.67. The summed E-state index contributed by atoms with van der Waals surface area (Å²) >= 11 is 0. The van der Waals surface area contributed by atoms with Crippen LogP contribution in [-0.2, 0) is 4.79 Å². The minimum atomic E-state index is 0.0288. The summed E-state index contributed by atoms with van der Waals surface area (Å²) in [5, 5.41) is 3.12. The maximum Gasteiger partial charge on any atom is 0.220 e. The second kappa shape index (κ2) is 5.35. The van der Waals surface area contributed by atoms with Crippen LogP contribution in [0.3, 0.4) is 0 Å². The van der Waals surface area contributed by atoms with Gasteiger partial charge in [0.2, 0.25) is 5.91 Å². The number of carbonyl (C=O) groups excluding carboxylic acids is 1. The Labute approximate surface area is 114 Å². The molecule has 2 aliphatic rings. The Morgan fingerprint density at radius 3 is 3.00 bits per heavy atom. The number of nitrogens with one attached hydrogen (secondary N) is 2. The smallest absolute Gasteiger partial charge is 0.220 e. The molecule has 104 valence electrons. The summed E-state index contributed by atoms with van der Waals surface area (Å²) in [6.45, 7) is 2.07. The van der Waals surface area contributed by atoms with E-state index in [4.69, 9.17) is 0 Å². The number of hydrogen-bond acceptors (Lipinski definition) is 2. The Bertz CT molecular complexity index is 429. The molecule has 0 spiro atoms. The van der Waals surface area contributed by atoms with Crippen molar-refractivity contribution in [3.63, 3.8) is 0 Å². The van der Waals surface area contributed by atoms with Crippen LogP contribution in [0.25, 0.3) is 0 Å². The number of nitrogens with zero attached hydrogens (tertiary/aromatic N) is 1. The number of aromatic nitrogens is 2. The second-order valence-electron chi connectivity index (χ2n) is 6.14. The van der Waals surface area contributed by atoms with E-state index < -0.39 is 0 Å². The van der Waals surface area contributed by atoms with Gasteiger partial charge >= 0.3 is 0 Å². The summed E-state index contributed by atoms with van der Waals surface area (Å²) in [4.78, 5) is 19.5. The fourth-order valence-electron chi connectivity index (χ4n) is 3.95. The van der Waals surface area contributed by atoms with Gasteiger partial charge in [-0.2, -0.15) is 0 Å². The Morgan fingerprint density at radius 1 is 1.53 bits per heavy atom. The van der Waals surface area contributed by atoms with Gasteiger partial charge < -0.3 is 10.3 Å². The molecule has 19 heavy (non-hydrogen) atoms. The van der Waals surface area contributed by atoms with Crippen molar-refractivity contribution in [3.05, 3.63) is 18.2 Å². The van der Waals surface area contributed by atoms with Crippen LogP contribution in [0.1, 0.15) is 57.3 Å². The molecule has 2 aliphatic carbocycles. The SMILES string of the molecule is CCC(NC(=O)CC1CC2CCC1C2)c1ncc[nH]1. The van der Waals surface area contributed by atoms with Crippen LogP contribution in [0, 0.1) is 17.8 Å². The summed E-state index contributed by atoms with van der Waals surface area (Å²) in [7, 11) is 0. The van der Waals surface area contributed by atoms with E-state index in [2.05, 4.69) is 22.2 Å². The van der Waals surface area contributed by atoms with E-state index in [0.29, 0.717) is 12.3 Å². The van der Waals surface area contributed by atoms with Gasteiger partial charge in [-0.15, -0.1) is 0 Å². The molecule has 0 aromatic carbocycles. The van der Waals surface area contributed by atoms with Crippen molar-refractivity contribution < 1.29 is 4.79 Å². The molecule has 2 saturated carbocycles. The molecule has 4 heteroatoms. The van der Waals surface area contributed by atoms with Gasteiger partial charge in [0, 0.05) is 18.8 Å². The lowest BCUT2D eigenvalue weighted by atomic mass is 9.86. The predicted octanol–water partition coefficient (Wildman–Crippen LogP) is 2.80. The number of H-pyrrole nitrogens is 1. The first kappa shape index (κ1) is 12.7. The summed E-state index contributed by atoms with van der Waals surface area (Å²) < 4.78 is 0. The third-order valence-corrected chi connectivity index (χ3v) is 4.93. The molecule has 4 unspecified atom stereocenters. The van der Waals surface area contributed by atoms with Crippen LogP contribution in [0.2, 0.25) is 0 Å². The number of carbonyl (C=O) groups is 1. The van der Waals surface area contributed by atoms with Crippen molar-refractivity contribution in [3.8, 4) is 0 Å². The first-order valence-corrected chi connectivity index (χ1v) is 7.55. The first-order valence-electron chi connectivity index (χ1n) is 7.55. The van der Waals surface area contributed by atoms with Crippen LogP contribution >= 0.6 is 0 Å². The van der Waals surface area contributed by atoms with E-state index in [1.54, 1.807) is 12.4 Å². The minimum absolute atomic E-state index is 0.0288. The van der Waals surface area contributed by atoms with E-state index in [0.717, 1.165) is 24.1 Å². The fraction of sp³-hybridized carbons (Fsp3) is 0.733. The van der Waals surface area contributed by atoms with E-state index in [-0.39, 0.29) is 11.9 Å². The largest absolute Gasteiger partial charge is 0.347 e. The molecule has 2 N–H and O–H groups in total. The van der Waals surface area contributed by atoms with Gasteiger partial charge in [-0.3, -0.25) is 4.79 Å². The molecule has 1 heterocycles. The van der Waals surface area contributed by atoms with Crippen LogP contribution in [0.15, 0.2) is 12.4 Å². The highest BCUT2D eigenvalue weighted by molar-refractivity contribution is 5.76. The van der Waals surface area contributed by atoms with Crippen molar-refractivity contribution in [1.29, 1.82) is 0 Å². The van der Waals surface area contributed by atoms with Gasteiger partial charge in [0.05, 0.1) is 6.04 Å². The fourth-order valence-corrected chi connectivity index (χ4v) is 3.95. The highest BCUT2D eigenvalue weighted by Gasteiger charge is 2.40. The lowest BCUT2D eigenvalue weighted by Crippen LogP contribution is -2.31. The van der Waals surface area contributed by atoms with Gasteiger partial charge in [0.1, 0.15) is 5.82 Å². The Kier molecular flexibility index (Phi) is 3.58. The molecule has 1 aromatic rings. The second-order valence-corrected chi connectivity index (χ2v) is 6.14. The number of amides is 1. The number of hydrogen-bond donors (Lipinski definition) is 2. The Hall–Kier alpha value is -1.32. The van der Waals surface area contributed by atoms with Crippen molar-refractivity contribution in [1.82, 2.24) is 15.3 Å². The summed E-state index contributed by atoms with van der Waals surface area (Å²) in [5.74, 6) is 3.42. The Morgan fingerprint density at radius 2 is 2.42 bits per heavy atom. The molecular formula is C15H23N3O. The molecule has 0 radical (unpaired) electrons. The minimum Gasteiger partial charge on any atom is -0.347 e. The van der Waals surface area contributed by atoms with E-state index in [1.165, 1.54) is 25.7 Å². The van der Waals surface area contributed by atoms with Gasteiger partial charge in [-0.05, 0) is 43.4 Å². The number of rotatable bonds is 5. The summed E-state index contributed by atoms with van der Waals surface area (Å²) in [6.07, 6.45) is 10.5. The molecule has 2 fully saturated rings. The van der Waals surface area contributed by atoms with Gasteiger partial charge in [0.15, 0.2) is 0 Å². The highest BCUT2D eigenvalue weighted by Crippen LogP contribution is 2.49. The average Bonchev–Trinajstić information content (AvgIpc) is 3.12. The molecule has 1 aromatic heterocycles. The topological polar surface area (TPSA) is 57.8 Å². The van der Waals surface area contributed by atoms with Crippen molar-refractivity contribution in [2.45, 2.75) is 51.5 Å². The van der Waals surface area contributed by atoms with E-state index in [9.17, 15) is 4.79 Å². The lowest BCUT2D eigenvalue weighted by Gasteiger charge is -2.22. The molecular weight excluding hydrogens is 238 g/mol. The molecule has 1 amide bonds. The van der Waals surface area contributed by atoms with Gasteiger partial charge in [-0.1, -0.05) is 13.3 Å². The first-order chi connectivity index (χ1) is 9.26. The van der Waals surface area contributed by atoms with E-state index in [1.807, 2.05) is 0 Å². The van der Waals surface area contributed by atoms with Crippen LogP contribution < -0.4 is 5.32 Å². The van der Waals surface area contributed by atoms with E-state index >= 15 is 0 Å². The summed E-state index contributed by atoms with van der Waals surface area (Å²) in [5.41, 5.74) is 0. The monoisotopic (exact) mass is 261 g/mol. The Balaban J connectivity index is 1.53. The molecule has 3 rings (SSSR count). The highest BCUT2D eigenvalue weighted by atomic mass is 16.1. The lowest BCUT2D eigenvalue weighted by molar-refractivity contribution is -0.123. The normalized spacial score (nSPS) is 30.5. The maximum absolute atomic E-state index is 12.2. The van der Waals surface area contributed by atoms with Crippen molar-refractivity contribution >= 4 is 5.91 Å². The summed E-state index contributed by atoms with van der Waals surface area (Å²) in [6, 6.07) is 0.0288. The van der Waals surface area contributed by atoms with Crippen molar-refractivity contribution in [2.24, 2.45) is 17.8 Å². The number of aromatic amines is 1.